The van der Waals surface area contributed by atoms with Crippen LogP contribution in [0, 0.1) is 5.92 Å². The Balaban J connectivity index is 1.76. The molecule has 35 heavy (non-hydrogen) atoms. The maximum absolute atomic E-state index is 11.9. The summed E-state index contributed by atoms with van der Waals surface area (Å²) in [6.45, 7) is 7.06. The number of nitrogens with zero attached hydrogens (tertiary/aromatic N) is 4. The minimum Gasteiger partial charge on any atom is -0.401 e. The molecule has 0 amide bonds. The Morgan fingerprint density at radius 1 is 1.37 bits per heavy atom. The highest BCUT2D eigenvalue weighted by molar-refractivity contribution is 7.39. The average Bonchev–Trinajstić information content (AvgIpc) is 3.12. The van der Waals surface area contributed by atoms with Gasteiger partial charge < -0.3 is 29.9 Å². The molecule has 1 aliphatic rings. The minimum absolute atomic E-state index is 0.462. The Morgan fingerprint density at radius 2 is 2.14 bits per heavy atom. The molecule has 1 saturated heterocycles. The Hall–Kier alpha value is -2.65. The predicted octanol–water partition coefficient (Wildman–Crippen LogP) is 3.39. The molecule has 0 radical (unpaired) electrons. The van der Waals surface area contributed by atoms with Crippen LogP contribution in [0.25, 0.3) is 27.8 Å². The van der Waals surface area contributed by atoms with Crippen molar-refractivity contribution in [3.05, 3.63) is 35.7 Å². The Labute approximate surface area is 206 Å². The highest BCUT2D eigenvalue weighted by Crippen LogP contribution is 2.32. The average molecular weight is 502 g/mol. The van der Waals surface area contributed by atoms with E-state index < -0.39 is 8.03 Å². The monoisotopic (exact) mass is 501 g/mol. The van der Waals surface area contributed by atoms with Gasteiger partial charge in [0.1, 0.15) is 11.5 Å². The van der Waals surface area contributed by atoms with E-state index >= 15 is 0 Å². The number of hydrogen-bond donors (Lipinski definition) is 3. The Kier molecular flexibility index (Phi) is 8.28. The molecule has 1 unspecified atom stereocenters. The van der Waals surface area contributed by atoms with Gasteiger partial charge in [-0.3, -0.25) is 9.55 Å². The second-order valence-corrected chi connectivity index (χ2v) is 10.5. The quantitative estimate of drug-likeness (QED) is 0.217. The fourth-order valence-corrected chi connectivity index (χ4v) is 5.45. The van der Waals surface area contributed by atoms with E-state index in [1.54, 1.807) is 7.05 Å². The zero-order valence-corrected chi connectivity index (χ0v) is 21.7. The number of hydrogen-bond acceptors (Lipinski definition) is 9. The summed E-state index contributed by atoms with van der Waals surface area (Å²) >= 11 is 0. The van der Waals surface area contributed by atoms with Gasteiger partial charge in [0.2, 0.25) is 0 Å². The number of rotatable bonds is 10. The van der Waals surface area contributed by atoms with Gasteiger partial charge in [-0.1, -0.05) is 0 Å². The van der Waals surface area contributed by atoms with Crippen LogP contribution in [-0.2, 0) is 20.4 Å². The molecule has 4 heterocycles. The highest BCUT2D eigenvalue weighted by atomic mass is 31.1. The molecule has 1 aliphatic heterocycles. The normalized spacial score (nSPS) is 16.5. The van der Waals surface area contributed by atoms with E-state index in [2.05, 4.69) is 16.0 Å². The lowest BCUT2D eigenvalue weighted by molar-refractivity contribution is 0.0619. The molecule has 3 aromatic rings. The summed E-state index contributed by atoms with van der Waals surface area (Å²) in [5.41, 5.74) is 11.1. The second-order valence-electron chi connectivity index (χ2n) is 8.95. The Bertz CT molecular complexity index is 1230. The van der Waals surface area contributed by atoms with Crippen molar-refractivity contribution < 1.29 is 13.8 Å². The molecule has 11 heteroatoms. The largest absolute Gasteiger partial charge is 0.401 e. The van der Waals surface area contributed by atoms with E-state index in [9.17, 15) is 4.57 Å². The summed E-state index contributed by atoms with van der Waals surface area (Å²) in [5.74, 6) is 7.31. The summed E-state index contributed by atoms with van der Waals surface area (Å²) < 4.78 is 24.9. The van der Waals surface area contributed by atoms with Crippen LogP contribution in [0.3, 0.4) is 0 Å². The van der Waals surface area contributed by atoms with Crippen LogP contribution < -0.4 is 16.9 Å². The van der Waals surface area contributed by atoms with Crippen LogP contribution in [0.15, 0.2) is 30.1 Å². The molecule has 1 atom stereocenters. The second kappa shape index (κ2) is 11.4. The summed E-state index contributed by atoms with van der Waals surface area (Å²) in [6.07, 6.45) is 4.30. The van der Waals surface area contributed by atoms with Crippen molar-refractivity contribution in [3.63, 3.8) is 0 Å². The molecule has 190 valence electrons. The van der Waals surface area contributed by atoms with E-state index in [0.29, 0.717) is 30.9 Å². The molecule has 0 saturated carbocycles. The first-order chi connectivity index (χ1) is 16.9. The molecule has 3 aromatic heterocycles. The van der Waals surface area contributed by atoms with Crippen LogP contribution in [0.1, 0.15) is 32.3 Å². The van der Waals surface area contributed by atoms with Gasteiger partial charge >= 0.3 is 0 Å². The molecule has 10 nitrogen and oxygen atoms in total. The van der Waals surface area contributed by atoms with Gasteiger partial charge in [0.15, 0.2) is 8.03 Å². The van der Waals surface area contributed by atoms with Crippen LogP contribution >= 0.6 is 8.03 Å². The van der Waals surface area contributed by atoms with Gasteiger partial charge in [0, 0.05) is 62.4 Å². The van der Waals surface area contributed by atoms with Gasteiger partial charge in [-0.2, -0.15) is 0 Å². The first-order valence-electron chi connectivity index (χ1n) is 12.1. The fraction of sp³-hybridized carbons (Fsp3) is 0.500. The third-order valence-corrected chi connectivity index (χ3v) is 7.54. The molecular formula is C24H36N7O3P. The van der Waals surface area contributed by atoms with E-state index in [0.717, 1.165) is 71.7 Å². The van der Waals surface area contributed by atoms with E-state index in [1.165, 1.54) is 5.01 Å². The van der Waals surface area contributed by atoms with Crippen molar-refractivity contribution in [2.24, 2.45) is 17.5 Å². The number of nitrogens with two attached hydrogens (primary N) is 2. The van der Waals surface area contributed by atoms with Gasteiger partial charge in [-0.05, 0) is 50.8 Å². The molecule has 0 bridgehead atoms. The lowest BCUT2D eigenvalue weighted by Gasteiger charge is -2.23. The number of hydrazine groups is 1. The van der Waals surface area contributed by atoms with E-state index in [1.807, 2.05) is 32.2 Å². The zero-order valence-electron chi connectivity index (χ0n) is 20.7. The maximum Gasteiger partial charge on any atom is 0.193 e. The lowest BCUT2D eigenvalue weighted by Crippen LogP contribution is -2.26. The van der Waals surface area contributed by atoms with Gasteiger partial charge in [0.05, 0.1) is 23.3 Å². The number of anilines is 1. The highest BCUT2D eigenvalue weighted by Gasteiger charge is 2.21. The van der Waals surface area contributed by atoms with Gasteiger partial charge in [-0.15, -0.1) is 0 Å². The van der Waals surface area contributed by atoms with Crippen molar-refractivity contribution in [1.82, 2.24) is 19.5 Å². The zero-order chi connectivity index (χ0) is 24.9. The topological polar surface area (TPSA) is 134 Å². The van der Waals surface area contributed by atoms with Crippen molar-refractivity contribution in [2.45, 2.75) is 33.2 Å². The third-order valence-electron chi connectivity index (χ3n) is 6.27. The Morgan fingerprint density at radius 3 is 2.83 bits per heavy atom. The number of pyridine rings is 2. The molecular weight excluding hydrogens is 465 g/mol. The van der Waals surface area contributed by atoms with Crippen LogP contribution in [0.4, 0.5) is 5.82 Å². The fourth-order valence-electron chi connectivity index (χ4n) is 4.65. The molecule has 1 fully saturated rings. The first-order valence-corrected chi connectivity index (χ1v) is 13.6. The van der Waals surface area contributed by atoms with E-state index in [-0.39, 0.29) is 0 Å². The number of fused-ring (bicyclic) bond motifs is 3. The summed E-state index contributed by atoms with van der Waals surface area (Å²) in [4.78, 5) is 9.76. The lowest BCUT2D eigenvalue weighted by atomic mass is 10.0. The van der Waals surface area contributed by atoms with Crippen molar-refractivity contribution in [1.29, 1.82) is 0 Å². The number of allylic oxidation sites excluding steroid dienone is 1. The molecule has 0 aliphatic carbocycles. The van der Waals surface area contributed by atoms with Crippen molar-refractivity contribution in [2.75, 3.05) is 44.9 Å². The number of nitrogens with one attached hydrogen (secondary N) is 1. The molecule has 0 spiro atoms. The smallest absolute Gasteiger partial charge is 0.193 e. The van der Waals surface area contributed by atoms with Crippen molar-refractivity contribution >= 4 is 41.6 Å². The van der Waals surface area contributed by atoms with Gasteiger partial charge in [0.25, 0.3) is 0 Å². The first kappa shape index (κ1) is 25.4. The van der Waals surface area contributed by atoms with Gasteiger partial charge in [-0.25, -0.2) is 10.8 Å². The summed E-state index contributed by atoms with van der Waals surface area (Å²) in [5, 5.41) is 5.81. The number of aromatic nitrogens is 3. The maximum atomic E-state index is 11.9. The van der Waals surface area contributed by atoms with Crippen LogP contribution in [-0.4, -0.2) is 59.1 Å². The SMILES string of the molecule is CCO[PH](=O)CCNc1ccc2c3ncc(/C(=C(\C)N)N(C)N)cc3n(CC3CCOCC3)c2n1. The van der Waals surface area contributed by atoms with E-state index in [4.69, 9.17) is 30.8 Å². The molecule has 4 rings (SSSR count). The number of ether oxygens (including phenoxy) is 1. The summed E-state index contributed by atoms with van der Waals surface area (Å²) in [6, 6.07) is 6.09. The molecule has 5 N–H and O–H groups in total. The third kappa shape index (κ3) is 5.78. The van der Waals surface area contributed by atoms with Crippen LogP contribution in [0.2, 0.25) is 0 Å². The summed E-state index contributed by atoms with van der Waals surface area (Å²) in [7, 11) is -0.251. The standard InChI is InChI=1S/C24H36N7O3P/c1-4-34-35(32)12-9-27-21-6-5-19-22-20(13-18(14-28-22)23(16(2)25)30(3)26)31(24(19)29-21)15-17-7-10-33-11-8-17/h5-6,13-14,17,35H,4,7-12,15,25-26H2,1-3H3,(H,27,29)/b23-16-. The molecule has 0 aromatic carbocycles. The minimum atomic E-state index is -2.02. The predicted molar refractivity (Wildman–Crippen MR) is 141 cm³/mol. The van der Waals surface area contributed by atoms with Crippen LogP contribution in [0.5, 0.6) is 0 Å². The van der Waals surface area contributed by atoms with Crippen molar-refractivity contribution in [3.8, 4) is 0 Å².